The van der Waals surface area contributed by atoms with Gasteiger partial charge in [-0.05, 0) is 37.9 Å². The molecule has 1 aromatic rings. The van der Waals surface area contributed by atoms with Gasteiger partial charge in [0.05, 0.1) is 11.5 Å². The number of ether oxygens (including phenoxy) is 1. The average molecular weight is 285 g/mol. The van der Waals surface area contributed by atoms with Crippen LogP contribution in [0, 0.1) is 10.1 Å². The molecule has 0 saturated carbocycles. The standard InChI is InChI=1S/C13H17ClN2O3/c14-10-4-5-13(12(9-10)16(17)18)19-8-6-11-3-1-2-7-15-11/h4-5,9,11,15H,1-3,6-8H2. The van der Waals surface area contributed by atoms with Crippen molar-refractivity contribution in [1.29, 1.82) is 0 Å². The molecule has 0 amide bonds. The summed E-state index contributed by atoms with van der Waals surface area (Å²) < 4.78 is 5.52. The van der Waals surface area contributed by atoms with Crippen molar-refractivity contribution in [2.45, 2.75) is 31.7 Å². The second-order valence-electron chi connectivity index (χ2n) is 4.65. The van der Waals surface area contributed by atoms with Crippen LogP contribution < -0.4 is 10.1 Å². The van der Waals surface area contributed by atoms with E-state index in [1.54, 1.807) is 12.1 Å². The van der Waals surface area contributed by atoms with Crippen LogP contribution in [0.4, 0.5) is 5.69 Å². The van der Waals surface area contributed by atoms with Gasteiger partial charge in [-0.3, -0.25) is 10.1 Å². The first-order valence-electron chi connectivity index (χ1n) is 6.47. The predicted molar refractivity (Wildman–Crippen MR) is 73.9 cm³/mol. The number of rotatable bonds is 5. The van der Waals surface area contributed by atoms with Crippen molar-refractivity contribution in [3.8, 4) is 5.75 Å². The minimum absolute atomic E-state index is 0.0795. The third-order valence-corrected chi connectivity index (χ3v) is 3.49. The molecule has 1 aliphatic rings. The van der Waals surface area contributed by atoms with Crippen molar-refractivity contribution in [3.05, 3.63) is 33.3 Å². The number of nitrogens with zero attached hydrogens (tertiary/aromatic N) is 1. The molecule has 0 aromatic heterocycles. The van der Waals surface area contributed by atoms with Gasteiger partial charge in [-0.25, -0.2) is 0 Å². The second kappa shape index (κ2) is 6.73. The molecule has 0 radical (unpaired) electrons. The fraction of sp³-hybridized carbons (Fsp3) is 0.538. The molecule has 1 saturated heterocycles. The molecule has 1 aromatic carbocycles. The van der Waals surface area contributed by atoms with Crippen LogP contribution in [0.15, 0.2) is 18.2 Å². The van der Waals surface area contributed by atoms with Crippen LogP contribution in [-0.2, 0) is 0 Å². The Labute approximate surface area is 117 Å². The zero-order valence-corrected chi connectivity index (χ0v) is 11.4. The largest absolute Gasteiger partial charge is 0.487 e. The van der Waals surface area contributed by atoms with Crippen LogP contribution >= 0.6 is 11.6 Å². The van der Waals surface area contributed by atoms with Crippen LogP contribution in [0.25, 0.3) is 0 Å². The number of halogens is 1. The zero-order chi connectivity index (χ0) is 13.7. The van der Waals surface area contributed by atoms with E-state index >= 15 is 0 Å². The minimum atomic E-state index is -0.472. The summed E-state index contributed by atoms with van der Waals surface area (Å²) in [5.74, 6) is 0.283. The number of hydrogen-bond donors (Lipinski definition) is 1. The van der Waals surface area contributed by atoms with Crippen LogP contribution in [-0.4, -0.2) is 24.1 Å². The van der Waals surface area contributed by atoms with Crippen LogP contribution in [0.1, 0.15) is 25.7 Å². The lowest BCUT2D eigenvalue weighted by Crippen LogP contribution is -2.35. The van der Waals surface area contributed by atoms with Crippen molar-refractivity contribution in [3.63, 3.8) is 0 Å². The molecular weight excluding hydrogens is 268 g/mol. The van der Waals surface area contributed by atoms with Gasteiger partial charge in [-0.2, -0.15) is 0 Å². The fourth-order valence-corrected chi connectivity index (χ4v) is 2.40. The van der Waals surface area contributed by atoms with E-state index in [2.05, 4.69) is 5.32 Å². The number of nitro groups is 1. The SMILES string of the molecule is O=[N+]([O-])c1cc(Cl)ccc1OCCC1CCCCN1. The van der Waals surface area contributed by atoms with Crippen molar-refractivity contribution in [2.24, 2.45) is 0 Å². The highest BCUT2D eigenvalue weighted by atomic mass is 35.5. The number of benzene rings is 1. The summed E-state index contributed by atoms with van der Waals surface area (Å²) >= 11 is 5.75. The third kappa shape index (κ3) is 4.08. The highest BCUT2D eigenvalue weighted by Crippen LogP contribution is 2.30. The first-order chi connectivity index (χ1) is 9.16. The molecule has 5 nitrogen and oxygen atoms in total. The van der Waals surface area contributed by atoms with E-state index in [1.807, 2.05) is 0 Å². The fourth-order valence-electron chi connectivity index (χ4n) is 2.24. The quantitative estimate of drug-likeness (QED) is 0.666. The van der Waals surface area contributed by atoms with Gasteiger partial charge >= 0.3 is 5.69 Å². The molecule has 1 fully saturated rings. The van der Waals surface area contributed by atoms with Crippen LogP contribution in [0.5, 0.6) is 5.75 Å². The number of piperidine rings is 1. The van der Waals surface area contributed by atoms with E-state index in [9.17, 15) is 10.1 Å². The molecule has 2 rings (SSSR count). The molecule has 0 bridgehead atoms. The Hall–Kier alpha value is -1.33. The summed E-state index contributed by atoms with van der Waals surface area (Å²) in [6.07, 6.45) is 4.46. The van der Waals surface area contributed by atoms with Crippen molar-refractivity contribution in [2.75, 3.05) is 13.2 Å². The first-order valence-corrected chi connectivity index (χ1v) is 6.85. The summed E-state index contributed by atoms with van der Waals surface area (Å²) in [4.78, 5) is 10.4. The van der Waals surface area contributed by atoms with Gasteiger partial charge in [0, 0.05) is 17.1 Å². The lowest BCUT2D eigenvalue weighted by Gasteiger charge is -2.23. The Kier molecular flexibility index (Phi) is 4.99. The Balaban J connectivity index is 1.89. The van der Waals surface area contributed by atoms with Crippen molar-refractivity contribution < 1.29 is 9.66 Å². The molecule has 104 valence electrons. The Morgan fingerprint density at radius 3 is 3.00 bits per heavy atom. The Bertz CT molecular complexity index is 448. The van der Waals surface area contributed by atoms with E-state index in [-0.39, 0.29) is 11.4 Å². The zero-order valence-electron chi connectivity index (χ0n) is 10.6. The summed E-state index contributed by atoms with van der Waals surface area (Å²) in [5.41, 5.74) is -0.0795. The molecule has 19 heavy (non-hydrogen) atoms. The Morgan fingerprint density at radius 1 is 1.47 bits per heavy atom. The van der Waals surface area contributed by atoms with Crippen LogP contribution in [0.2, 0.25) is 5.02 Å². The van der Waals surface area contributed by atoms with E-state index in [0.29, 0.717) is 17.7 Å². The number of nitrogens with one attached hydrogen (secondary N) is 1. The lowest BCUT2D eigenvalue weighted by atomic mass is 10.0. The normalized spacial score (nSPS) is 19.1. The lowest BCUT2D eigenvalue weighted by molar-refractivity contribution is -0.385. The molecule has 1 heterocycles. The van der Waals surface area contributed by atoms with Gasteiger partial charge in [-0.1, -0.05) is 18.0 Å². The summed E-state index contributed by atoms with van der Waals surface area (Å²) in [6.45, 7) is 1.52. The van der Waals surface area contributed by atoms with Crippen molar-refractivity contribution in [1.82, 2.24) is 5.32 Å². The maximum Gasteiger partial charge on any atom is 0.312 e. The van der Waals surface area contributed by atoms with E-state index in [4.69, 9.17) is 16.3 Å². The molecule has 0 spiro atoms. The summed E-state index contributed by atoms with van der Waals surface area (Å²) in [5, 5.41) is 14.7. The van der Waals surface area contributed by atoms with Gasteiger partial charge in [-0.15, -0.1) is 0 Å². The van der Waals surface area contributed by atoms with E-state index < -0.39 is 4.92 Å². The van der Waals surface area contributed by atoms with Gasteiger partial charge < -0.3 is 10.1 Å². The highest BCUT2D eigenvalue weighted by molar-refractivity contribution is 6.30. The van der Waals surface area contributed by atoms with Gasteiger partial charge in [0.2, 0.25) is 0 Å². The minimum Gasteiger partial charge on any atom is -0.487 e. The topological polar surface area (TPSA) is 64.4 Å². The smallest absolute Gasteiger partial charge is 0.312 e. The molecule has 6 heteroatoms. The molecule has 1 unspecified atom stereocenters. The number of hydrogen-bond acceptors (Lipinski definition) is 4. The third-order valence-electron chi connectivity index (χ3n) is 3.25. The molecule has 1 N–H and O–H groups in total. The first kappa shape index (κ1) is 14.1. The van der Waals surface area contributed by atoms with Gasteiger partial charge in [0.15, 0.2) is 5.75 Å². The second-order valence-corrected chi connectivity index (χ2v) is 5.09. The average Bonchev–Trinajstić information content (AvgIpc) is 2.41. The van der Waals surface area contributed by atoms with E-state index in [0.717, 1.165) is 19.4 Å². The van der Waals surface area contributed by atoms with Gasteiger partial charge in [0.25, 0.3) is 0 Å². The predicted octanol–water partition coefficient (Wildman–Crippen LogP) is 3.16. The molecule has 1 aliphatic heterocycles. The molecular formula is C13H17ClN2O3. The summed E-state index contributed by atoms with van der Waals surface area (Å²) in [6, 6.07) is 4.92. The van der Waals surface area contributed by atoms with Crippen molar-refractivity contribution >= 4 is 17.3 Å². The monoisotopic (exact) mass is 284 g/mol. The Morgan fingerprint density at radius 2 is 2.32 bits per heavy atom. The highest BCUT2D eigenvalue weighted by Gasteiger charge is 2.17. The number of nitro benzene ring substituents is 1. The van der Waals surface area contributed by atoms with E-state index in [1.165, 1.54) is 18.9 Å². The van der Waals surface area contributed by atoms with Crippen LogP contribution in [0.3, 0.4) is 0 Å². The maximum absolute atomic E-state index is 10.9. The molecule has 1 atom stereocenters. The maximum atomic E-state index is 10.9. The molecule has 0 aliphatic carbocycles. The van der Waals surface area contributed by atoms with Gasteiger partial charge in [0.1, 0.15) is 0 Å². The summed E-state index contributed by atoms with van der Waals surface area (Å²) in [7, 11) is 0.